The lowest BCUT2D eigenvalue weighted by Crippen LogP contribution is -2.22. The maximum atomic E-state index is 12.6. The van der Waals surface area contributed by atoms with Crippen LogP contribution in [0.5, 0.6) is 5.75 Å². The van der Waals surface area contributed by atoms with E-state index in [2.05, 4.69) is 0 Å². The van der Waals surface area contributed by atoms with Crippen LogP contribution < -0.4 is 5.56 Å². The summed E-state index contributed by atoms with van der Waals surface area (Å²) in [5.74, 6) is -0.699. The number of hydrogen-bond acceptors (Lipinski definition) is 4. The zero-order chi connectivity index (χ0) is 16.7. The molecule has 0 aliphatic rings. The summed E-state index contributed by atoms with van der Waals surface area (Å²) in [6.07, 6.45) is 0. The van der Waals surface area contributed by atoms with Gasteiger partial charge in [-0.3, -0.25) is 19.5 Å². The Morgan fingerprint density at radius 3 is 2.48 bits per heavy atom. The molecule has 1 aromatic heterocycles. The van der Waals surface area contributed by atoms with Crippen LogP contribution in [0, 0.1) is 10.1 Å². The van der Waals surface area contributed by atoms with E-state index in [0.29, 0.717) is 5.02 Å². The number of aromatic nitrogens is 1. The molecule has 6 nitrogen and oxygen atoms in total. The average Bonchev–Trinajstić information content (AvgIpc) is 2.48. The summed E-state index contributed by atoms with van der Waals surface area (Å²) in [4.78, 5) is 22.8. The van der Waals surface area contributed by atoms with Gasteiger partial charge in [-0.15, -0.1) is 0 Å². The number of fused-ring (bicyclic) bond motifs is 1. The normalized spacial score (nSPS) is 10.9. The summed E-state index contributed by atoms with van der Waals surface area (Å²) in [7, 11) is 0. The van der Waals surface area contributed by atoms with Gasteiger partial charge in [0.05, 0.1) is 21.2 Å². The minimum Gasteiger partial charge on any atom is -0.501 e. The van der Waals surface area contributed by atoms with Crippen LogP contribution in [-0.4, -0.2) is 14.6 Å². The minimum absolute atomic E-state index is 0.126. The van der Waals surface area contributed by atoms with E-state index < -0.39 is 21.9 Å². The molecule has 1 N–H and O–H groups in total. The largest absolute Gasteiger partial charge is 0.501 e. The number of benzene rings is 2. The lowest BCUT2D eigenvalue weighted by atomic mass is 10.1. The maximum absolute atomic E-state index is 12.6. The van der Waals surface area contributed by atoms with Crippen LogP contribution >= 0.6 is 23.2 Å². The molecule has 0 spiro atoms. The number of hydrogen-bond donors (Lipinski definition) is 1. The Hall–Kier alpha value is -2.57. The second kappa shape index (κ2) is 5.57. The number of aromatic hydroxyl groups is 1. The van der Waals surface area contributed by atoms with E-state index in [4.69, 9.17) is 23.2 Å². The molecular weight excluding hydrogens is 343 g/mol. The van der Waals surface area contributed by atoms with Crippen LogP contribution in [0.15, 0.2) is 47.3 Å². The van der Waals surface area contributed by atoms with E-state index in [-0.39, 0.29) is 21.6 Å². The first-order chi connectivity index (χ1) is 10.9. The van der Waals surface area contributed by atoms with Crippen LogP contribution in [0.25, 0.3) is 16.6 Å². The monoisotopic (exact) mass is 350 g/mol. The first-order valence-electron chi connectivity index (χ1n) is 6.38. The second-order valence-electron chi connectivity index (χ2n) is 4.71. The van der Waals surface area contributed by atoms with Crippen molar-refractivity contribution in [3.63, 3.8) is 0 Å². The Balaban J connectivity index is 2.59. The molecule has 2 aromatic carbocycles. The zero-order valence-electron chi connectivity index (χ0n) is 11.4. The molecule has 0 radical (unpaired) electrons. The van der Waals surface area contributed by atoms with E-state index in [1.807, 2.05) is 0 Å². The summed E-state index contributed by atoms with van der Waals surface area (Å²) in [6.45, 7) is 0. The number of pyridine rings is 1. The van der Waals surface area contributed by atoms with Gasteiger partial charge < -0.3 is 5.11 Å². The molecule has 8 heteroatoms. The van der Waals surface area contributed by atoms with Crippen LogP contribution in [0.1, 0.15) is 0 Å². The van der Waals surface area contributed by atoms with Crippen molar-refractivity contribution < 1.29 is 10.0 Å². The van der Waals surface area contributed by atoms with Gasteiger partial charge in [0.2, 0.25) is 5.75 Å². The molecule has 0 unspecified atom stereocenters. The first-order valence-corrected chi connectivity index (χ1v) is 7.14. The SMILES string of the molecule is O=c1c([N+](=O)[O-])c(O)c2ccc(Cl)cc2n1-c1ccccc1Cl. The van der Waals surface area contributed by atoms with Crippen molar-refractivity contribution in [2.75, 3.05) is 0 Å². The van der Waals surface area contributed by atoms with E-state index in [1.165, 1.54) is 18.2 Å². The van der Waals surface area contributed by atoms with Crippen molar-refractivity contribution >= 4 is 39.8 Å². The number of halogens is 2. The highest BCUT2D eigenvalue weighted by atomic mass is 35.5. The van der Waals surface area contributed by atoms with E-state index in [9.17, 15) is 20.0 Å². The minimum atomic E-state index is -0.990. The molecule has 0 saturated heterocycles. The van der Waals surface area contributed by atoms with E-state index in [1.54, 1.807) is 24.3 Å². The molecule has 3 aromatic rings. The van der Waals surface area contributed by atoms with Crippen molar-refractivity contribution in [3.05, 3.63) is 73.0 Å². The topological polar surface area (TPSA) is 85.4 Å². The number of nitro groups is 1. The van der Waals surface area contributed by atoms with Crippen molar-refractivity contribution in [2.45, 2.75) is 0 Å². The van der Waals surface area contributed by atoms with Gasteiger partial charge in [-0.2, -0.15) is 0 Å². The highest BCUT2D eigenvalue weighted by Crippen LogP contribution is 2.34. The molecule has 0 aliphatic heterocycles. The van der Waals surface area contributed by atoms with Gasteiger partial charge in [0.25, 0.3) is 0 Å². The second-order valence-corrected chi connectivity index (χ2v) is 5.55. The Morgan fingerprint density at radius 2 is 1.83 bits per heavy atom. The fourth-order valence-electron chi connectivity index (χ4n) is 2.37. The highest BCUT2D eigenvalue weighted by Gasteiger charge is 2.26. The van der Waals surface area contributed by atoms with Gasteiger partial charge in [-0.05, 0) is 30.3 Å². The third kappa shape index (κ3) is 2.42. The maximum Gasteiger partial charge on any atom is 0.376 e. The van der Waals surface area contributed by atoms with E-state index in [0.717, 1.165) is 4.57 Å². The summed E-state index contributed by atoms with van der Waals surface area (Å²) >= 11 is 12.1. The van der Waals surface area contributed by atoms with Gasteiger partial charge in [0, 0.05) is 10.4 Å². The molecule has 0 saturated carbocycles. The van der Waals surface area contributed by atoms with E-state index >= 15 is 0 Å². The van der Waals surface area contributed by atoms with Gasteiger partial charge >= 0.3 is 11.2 Å². The predicted octanol–water partition coefficient (Wildman–Crippen LogP) is 3.91. The fraction of sp³-hybridized carbons (Fsp3) is 0. The Bertz CT molecular complexity index is 1010. The molecular formula is C15H8Cl2N2O4. The first kappa shape index (κ1) is 15.3. The van der Waals surface area contributed by atoms with Crippen molar-refractivity contribution in [2.24, 2.45) is 0 Å². The number of nitrogens with zero attached hydrogens (tertiary/aromatic N) is 2. The summed E-state index contributed by atoms with van der Waals surface area (Å²) in [5, 5.41) is 22.0. The van der Waals surface area contributed by atoms with Gasteiger partial charge in [-0.1, -0.05) is 35.3 Å². The molecule has 0 atom stereocenters. The highest BCUT2D eigenvalue weighted by molar-refractivity contribution is 6.32. The smallest absolute Gasteiger partial charge is 0.376 e. The van der Waals surface area contributed by atoms with Gasteiger partial charge in [-0.25, -0.2) is 0 Å². The lowest BCUT2D eigenvalue weighted by molar-refractivity contribution is -0.387. The number of para-hydroxylation sites is 1. The summed E-state index contributed by atoms with van der Waals surface area (Å²) < 4.78 is 1.07. The van der Waals surface area contributed by atoms with Crippen LogP contribution in [0.4, 0.5) is 5.69 Å². The third-order valence-electron chi connectivity index (χ3n) is 3.36. The molecule has 3 rings (SSSR count). The van der Waals surface area contributed by atoms with Crippen LogP contribution in [0.2, 0.25) is 10.0 Å². The summed E-state index contributed by atoms with van der Waals surface area (Å²) in [5.41, 5.74) is -1.43. The molecule has 1 heterocycles. The fourth-order valence-corrected chi connectivity index (χ4v) is 2.76. The molecule has 0 fully saturated rings. The van der Waals surface area contributed by atoms with Crippen molar-refractivity contribution in [3.8, 4) is 11.4 Å². The average molecular weight is 351 g/mol. The van der Waals surface area contributed by atoms with Crippen molar-refractivity contribution in [1.82, 2.24) is 4.57 Å². The Labute approximate surface area is 139 Å². The standard InChI is InChI=1S/C15H8Cl2N2O4/c16-8-5-6-9-12(7-8)18(11-4-2-1-3-10(11)17)15(21)13(14(9)20)19(22)23/h1-7,20H. The van der Waals surface area contributed by atoms with Crippen LogP contribution in [0.3, 0.4) is 0 Å². The van der Waals surface area contributed by atoms with Crippen molar-refractivity contribution in [1.29, 1.82) is 0 Å². The molecule has 23 heavy (non-hydrogen) atoms. The predicted molar refractivity (Wildman–Crippen MR) is 87.9 cm³/mol. The summed E-state index contributed by atoms with van der Waals surface area (Å²) in [6, 6.07) is 10.7. The van der Waals surface area contributed by atoms with Gasteiger partial charge in [0.1, 0.15) is 0 Å². The molecule has 0 bridgehead atoms. The zero-order valence-corrected chi connectivity index (χ0v) is 12.9. The quantitative estimate of drug-likeness (QED) is 0.560. The Kier molecular flexibility index (Phi) is 3.71. The molecule has 0 amide bonds. The molecule has 116 valence electrons. The lowest BCUT2D eigenvalue weighted by Gasteiger charge is -2.13. The van der Waals surface area contributed by atoms with Crippen LogP contribution in [-0.2, 0) is 0 Å². The Morgan fingerprint density at radius 1 is 1.13 bits per heavy atom. The third-order valence-corrected chi connectivity index (χ3v) is 3.92. The number of rotatable bonds is 2. The molecule has 0 aliphatic carbocycles. The van der Waals surface area contributed by atoms with Gasteiger partial charge in [0.15, 0.2) is 0 Å².